The molecular weight excluding hydrogens is 234 g/mol. The van der Waals surface area contributed by atoms with Crippen LogP contribution in [0, 0.1) is 11.8 Å². The number of rotatable bonds is 5. The van der Waals surface area contributed by atoms with E-state index in [0.29, 0.717) is 12.1 Å². The van der Waals surface area contributed by atoms with Crippen molar-refractivity contribution in [3.63, 3.8) is 0 Å². The number of hydrogen-bond donors (Lipinski definition) is 1. The molecule has 3 unspecified atom stereocenters. The minimum atomic E-state index is 0.629. The Hall–Kier alpha value is -0.120. The van der Waals surface area contributed by atoms with Crippen molar-refractivity contribution < 1.29 is 0 Å². The number of likely N-dealkylation sites (N-methyl/N-ethyl adjacent to an activating group) is 1. The number of hydrogen-bond acceptors (Lipinski definition) is 3. The molecular formula is C16H33N3. The molecule has 0 aromatic carbocycles. The number of nitrogens with zero attached hydrogens (tertiary/aromatic N) is 2. The van der Waals surface area contributed by atoms with Crippen LogP contribution in [0.5, 0.6) is 0 Å². The van der Waals surface area contributed by atoms with E-state index in [1.807, 2.05) is 0 Å². The minimum absolute atomic E-state index is 0.629. The summed E-state index contributed by atoms with van der Waals surface area (Å²) in [7, 11) is 4.35. The van der Waals surface area contributed by atoms with E-state index >= 15 is 0 Å². The maximum atomic E-state index is 3.90. The Balaban J connectivity index is 1.91. The largest absolute Gasteiger partial charge is 0.312 e. The Bertz CT molecular complexity index is 263. The molecule has 1 saturated carbocycles. The summed E-state index contributed by atoms with van der Waals surface area (Å²) in [6, 6.07) is 2.11. The highest BCUT2D eigenvalue weighted by Crippen LogP contribution is 2.35. The fourth-order valence-electron chi connectivity index (χ4n) is 3.72. The summed E-state index contributed by atoms with van der Waals surface area (Å²) in [5, 5.41) is 3.90. The summed E-state index contributed by atoms with van der Waals surface area (Å²) < 4.78 is 0. The quantitative estimate of drug-likeness (QED) is 0.822. The molecule has 2 rings (SSSR count). The zero-order chi connectivity index (χ0) is 14.0. The number of likely N-dealkylation sites (tertiary alicyclic amines) is 1. The molecule has 1 heterocycles. The molecule has 1 aliphatic carbocycles. The van der Waals surface area contributed by atoms with Crippen molar-refractivity contribution in [3.05, 3.63) is 0 Å². The second-order valence-electron chi connectivity index (χ2n) is 7.25. The average Bonchev–Trinajstić information content (AvgIpc) is 2.34. The zero-order valence-corrected chi connectivity index (χ0v) is 13.5. The molecule has 1 aliphatic heterocycles. The van der Waals surface area contributed by atoms with E-state index < -0.39 is 0 Å². The molecule has 0 amide bonds. The molecule has 1 N–H and O–H groups in total. The highest BCUT2D eigenvalue weighted by Gasteiger charge is 2.39. The van der Waals surface area contributed by atoms with Gasteiger partial charge in [-0.1, -0.05) is 6.42 Å². The lowest BCUT2D eigenvalue weighted by Crippen LogP contribution is -2.59. The van der Waals surface area contributed by atoms with E-state index in [9.17, 15) is 0 Å². The van der Waals surface area contributed by atoms with Gasteiger partial charge in [-0.3, -0.25) is 0 Å². The highest BCUT2D eigenvalue weighted by atomic mass is 15.2. The second kappa shape index (κ2) is 6.55. The first kappa shape index (κ1) is 15.3. The smallest absolute Gasteiger partial charge is 0.0186 e. The number of fused-ring (bicyclic) bond motifs is 2. The standard InChI is InChI=1S/C16H33N3/c1-12(2)19-10-14-7-6-8-15(11-19)16(14)17-9-13(3)18(4)5/h12-17H,6-11H2,1-5H3. The zero-order valence-electron chi connectivity index (χ0n) is 13.5. The predicted molar refractivity (Wildman–Crippen MR) is 82.5 cm³/mol. The van der Waals surface area contributed by atoms with Gasteiger partial charge in [-0.15, -0.1) is 0 Å². The molecule has 112 valence electrons. The van der Waals surface area contributed by atoms with Crippen LogP contribution >= 0.6 is 0 Å². The minimum Gasteiger partial charge on any atom is -0.312 e. The predicted octanol–water partition coefficient (Wildman–Crippen LogP) is 2.04. The van der Waals surface area contributed by atoms with Crippen molar-refractivity contribution in [2.45, 2.75) is 58.2 Å². The van der Waals surface area contributed by atoms with Gasteiger partial charge in [0.05, 0.1) is 0 Å². The lowest BCUT2D eigenvalue weighted by Gasteiger charge is -2.49. The van der Waals surface area contributed by atoms with Crippen LogP contribution in [-0.4, -0.2) is 61.7 Å². The Kier molecular flexibility index (Phi) is 5.27. The Morgan fingerprint density at radius 3 is 2.16 bits per heavy atom. The van der Waals surface area contributed by atoms with Crippen LogP contribution in [-0.2, 0) is 0 Å². The van der Waals surface area contributed by atoms with E-state index in [0.717, 1.165) is 24.4 Å². The van der Waals surface area contributed by atoms with Gasteiger partial charge in [0.15, 0.2) is 0 Å². The molecule has 0 aromatic rings. The van der Waals surface area contributed by atoms with Crippen LogP contribution in [0.4, 0.5) is 0 Å². The molecule has 2 aliphatic rings. The summed E-state index contributed by atoms with van der Waals surface area (Å²) >= 11 is 0. The van der Waals surface area contributed by atoms with E-state index in [1.54, 1.807) is 0 Å². The van der Waals surface area contributed by atoms with Crippen LogP contribution in [0.1, 0.15) is 40.0 Å². The van der Waals surface area contributed by atoms with E-state index in [1.165, 1.54) is 32.4 Å². The molecule has 3 nitrogen and oxygen atoms in total. The lowest BCUT2D eigenvalue weighted by molar-refractivity contribution is 0.0277. The van der Waals surface area contributed by atoms with Gasteiger partial charge in [0, 0.05) is 37.8 Å². The van der Waals surface area contributed by atoms with Crippen molar-refractivity contribution in [1.82, 2.24) is 15.1 Å². The van der Waals surface area contributed by atoms with Crippen molar-refractivity contribution in [2.75, 3.05) is 33.7 Å². The molecule has 3 heteroatoms. The fourth-order valence-corrected chi connectivity index (χ4v) is 3.72. The summed E-state index contributed by atoms with van der Waals surface area (Å²) in [6.07, 6.45) is 4.30. The van der Waals surface area contributed by atoms with Crippen molar-refractivity contribution in [3.8, 4) is 0 Å². The van der Waals surface area contributed by atoms with Gasteiger partial charge >= 0.3 is 0 Å². The van der Waals surface area contributed by atoms with Gasteiger partial charge < -0.3 is 15.1 Å². The third-order valence-corrected chi connectivity index (χ3v) is 5.36. The van der Waals surface area contributed by atoms with Gasteiger partial charge in [-0.25, -0.2) is 0 Å². The summed E-state index contributed by atoms with van der Waals surface area (Å²) in [5.74, 6) is 1.76. The Morgan fingerprint density at radius 2 is 1.68 bits per heavy atom. The molecule has 0 aromatic heterocycles. The first-order chi connectivity index (χ1) is 8.99. The first-order valence-electron chi connectivity index (χ1n) is 8.13. The van der Waals surface area contributed by atoms with Gasteiger partial charge in [-0.05, 0) is 59.5 Å². The normalized spacial score (nSPS) is 33.9. The Morgan fingerprint density at radius 1 is 1.11 bits per heavy atom. The van der Waals surface area contributed by atoms with E-state index in [-0.39, 0.29) is 0 Å². The molecule has 0 radical (unpaired) electrons. The van der Waals surface area contributed by atoms with Crippen LogP contribution in [0.15, 0.2) is 0 Å². The summed E-state index contributed by atoms with van der Waals surface area (Å²) in [5.41, 5.74) is 0. The highest BCUT2D eigenvalue weighted by molar-refractivity contribution is 4.95. The lowest BCUT2D eigenvalue weighted by atomic mass is 9.73. The summed E-state index contributed by atoms with van der Waals surface area (Å²) in [4.78, 5) is 5.01. The topological polar surface area (TPSA) is 18.5 Å². The molecule has 3 atom stereocenters. The molecule has 2 bridgehead atoms. The number of nitrogens with one attached hydrogen (secondary N) is 1. The molecule has 19 heavy (non-hydrogen) atoms. The number of piperidine rings is 1. The maximum absolute atomic E-state index is 3.90. The van der Waals surface area contributed by atoms with Crippen molar-refractivity contribution >= 4 is 0 Å². The first-order valence-corrected chi connectivity index (χ1v) is 8.13. The van der Waals surface area contributed by atoms with Gasteiger partial charge in [0.2, 0.25) is 0 Å². The third-order valence-electron chi connectivity index (χ3n) is 5.36. The fraction of sp³-hybridized carbons (Fsp3) is 1.00. The molecule has 0 spiro atoms. The van der Waals surface area contributed by atoms with Gasteiger partial charge in [0.1, 0.15) is 0 Å². The van der Waals surface area contributed by atoms with Crippen molar-refractivity contribution in [2.24, 2.45) is 11.8 Å². The molecule has 1 saturated heterocycles. The summed E-state index contributed by atoms with van der Waals surface area (Å²) in [6.45, 7) is 10.7. The van der Waals surface area contributed by atoms with Crippen molar-refractivity contribution in [1.29, 1.82) is 0 Å². The third kappa shape index (κ3) is 3.71. The van der Waals surface area contributed by atoms with Crippen LogP contribution < -0.4 is 5.32 Å². The van der Waals surface area contributed by atoms with Crippen LogP contribution in [0.2, 0.25) is 0 Å². The van der Waals surface area contributed by atoms with E-state index in [4.69, 9.17) is 0 Å². The average molecular weight is 267 g/mol. The maximum Gasteiger partial charge on any atom is 0.0186 e. The van der Waals surface area contributed by atoms with E-state index in [2.05, 4.69) is 50.0 Å². The van der Waals surface area contributed by atoms with Crippen LogP contribution in [0.3, 0.4) is 0 Å². The monoisotopic (exact) mass is 267 g/mol. The Labute approximate surface area is 119 Å². The van der Waals surface area contributed by atoms with Gasteiger partial charge in [-0.2, -0.15) is 0 Å². The van der Waals surface area contributed by atoms with Crippen LogP contribution in [0.25, 0.3) is 0 Å². The SMILES string of the molecule is CC(CNC1C2CCCC1CN(C(C)C)C2)N(C)C. The van der Waals surface area contributed by atoms with Gasteiger partial charge in [0.25, 0.3) is 0 Å². The second-order valence-corrected chi connectivity index (χ2v) is 7.25. The molecule has 2 fully saturated rings.